The number of alkyl halides is 3. The molecule has 2 heterocycles. The van der Waals surface area contributed by atoms with Crippen molar-refractivity contribution in [1.82, 2.24) is 24.4 Å². The smallest absolute Gasteiger partial charge is 0.452 e. The normalized spacial score (nSPS) is 11.6. The van der Waals surface area contributed by atoms with E-state index in [-0.39, 0.29) is 23.9 Å². The van der Waals surface area contributed by atoms with Gasteiger partial charge in [0.2, 0.25) is 11.0 Å². The van der Waals surface area contributed by atoms with Crippen LogP contribution in [0.2, 0.25) is 0 Å². The van der Waals surface area contributed by atoms with Crippen LogP contribution in [0.15, 0.2) is 6.20 Å². The lowest BCUT2D eigenvalue weighted by atomic mass is 10.5. The van der Waals surface area contributed by atoms with E-state index in [0.29, 0.717) is 11.5 Å². The summed E-state index contributed by atoms with van der Waals surface area (Å²) < 4.78 is 41.2. The molecule has 2 aromatic heterocycles. The van der Waals surface area contributed by atoms with Crippen LogP contribution in [0.1, 0.15) is 16.3 Å². The number of nitrogens with one attached hydrogen (secondary N) is 1. The zero-order chi connectivity index (χ0) is 14.8. The van der Waals surface area contributed by atoms with Crippen molar-refractivity contribution in [2.75, 3.05) is 11.9 Å². The summed E-state index contributed by atoms with van der Waals surface area (Å²) in [7, 11) is 0. The molecule has 2 aromatic rings. The number of nitrogens with zero attached hydrogens (tertiary/aromatic N) is 5. The Morgan fingerprint density at radius 2 is 2.25 bits per heavy atom. The van der Waals surface area contributed by atoms with Crippen LogP contribution in [-0.2, 0) is 12.7 Å². The average Bonchev–Trinajstić information content (AvgIpc) is 2.96. The number of carbonyl (C=O) groups is 1. The van der Waals surface area contributed by atoms with Crippen molar-refractivity contribution in [1.29, 1.82) is 0 Å². The van der Waals surface area contributed by atoms with Crippen LogP contribution in [0, 0.1) is 0 Å². The van der Waals surface area contributed by atoms with Gasteiger partial charge in [-0.25, -0.2) is 9.48 Å². The first kappa shape index (κ1) is 14.2. The maximum atomic E-state index is 12.2. The van der Waals surface area contributed by atoms with Gasteiger partial charge in [0.25, 0.3) is 0 Å². The highest BCUT2D eigenvalue weighted by Crippen LogP contribution is 2.28. The first-order chi connectivity index (χ1) is 9.36. The van der Waals surface area contributed by atoms with Crippen molar-refractivity contribution in [3.8, 4) is 0 Å². The Bertz CT molecular complexity index is 609. The van der Waals surface area contributed by atoms with E-state index in [1.807, 2.05) is 0 Å². The second-order valence-electron chi connectivity index (χ2n) is 3.52. The third kappa shape index (κ3) is 3.40. The van der Waals surface area contributed by atoms with Gasteiger partial charge in [-0.2, -0.15) is 22.5 Å². The summed E-state index contributed by atoms with van der Waals surface area (Å²) in [5.41, 5.74) is -0.208. The van der Waals surface area contributed by atoms with Gasteiger partial charge in [-0.05, 0) is 0 Å². The van der Waals surface area contributed by atoms with Crippen LogP contribution in [0.4, 0.5) is 18.3 Å². The Labute approximate surface area is 113 Å². The van der Waals surface area contributed by atoms with Crippen LogP contribution in [0.5, 0.6) is 0 Å². The summed E-state index contributed by atoms with van der Waals surface area (Å²) in [5.74, 6) is -2.40. The van der Waals surface area contributed by atoms with Crippen molar-refractivity contribution in [3.05, 3.63) is 17.7 Å². The van der Waals surface area contributed by atoms with Crippen molar-refractivity contribution < 1.29 is 23.1 Å². The summed E-state index contributed by atoms with van der Waals surface area (Å²) in [6.07, 6.45) is -3.36. The van der Waals surface area contributed by atoms with E-state index < -0.39 is 18.0 Å². The van der Waals surface area contributed by atoms with Crippen molar-refractivity contribution >= 4 is 22.6 Å². The number of aromatic carboxylic acids is 1. The van der Waals surface area contributed by atoms with Crippen LogP contribution >= 0.6 is 11.5 Å². The first-order valence-corrected chi connectivity index (χ1v) is 5.92. The standard InChI is InChI=1S/C8H7F3N6O2S/c9-8(10,11)6-13-7(20-15-6)12-1-2-17-3-4(5(18)19)14-16-17/h3H,1-2H2,(H,18,19)(H,12,13,15). The van der Waals surface area contributed by atoms with E-state index in [0.717, 1.165) is 0 Å². The number of carboxylic acid groups (broad SMARTS) is 1. The summed E-state index contributed by atoms with van der Waals surface area (Å²) in [4.78, 5) is 13.8. The fourth-order valence-corrected chi connectivity index (χ4v) is 1.80. The molecule has 12 heteroatoms. The van der Waals surface area contributed by atoms with Gasteiger partial charge in [-0.15, -0.1) is 5.10 Å². The van der Waals surface area contributed by atoms with E-state index in [1.165, 1.54) is 10.9 Å². The molecule has 0 unspecified atom stereocenters. The van der Waals surface area contributed by atoms with E-state index in [9.17, 15) is 18.0 Å². The quantitative estimate of drug-likeness (QED) is 0.847. The van der Waals surface area contributed by atoms with Crippen molar-refractivity contribution in [2.45, 2.75) is 12.7 Å². The highest BCUT2D eigenvalue weighted by Gasteiger charge is 2.36. The predicted octanol–water partition coefficient (Wildman–Crippen LogP) is 0.959. The topological polar surface area (TPSA) is 106 Å². The van der Waals surface area contributed by atoms with Crippen LogP contribution < -0.4 is 5.32 Å². The molecule has 2 rings (SSSR count). The van der Waals surface area contributed by atoms with Crippen molar-refractivity contribution in [3.63, 3.8) is 0 Å². The zero-order valence-corrected chi connectivity index (χ0v) is 10.4. The molecule has 20 heavy (non-hydrogen) atoms. The molecule has 108 valence electrons. The molecule has 0 spiro atoms. The molecule has 0 aliphatic carbocycles. The number of rotatable bonds is 5. The second-order valence-corrected chi connectivity index (χ2v) is 4.27. The summed E-state index contributed by atoms with van der Waals surface area (Å²) in [5, 5.41) is 18.2. The van der Waals surface area contributed by atoms with Gasteiger partial charge in [0, 0.05) is 18.1 Å². The number of hydrogen-bond acceptors (Lipinski definition) is 7. The largest absolute Gasteiger partial charge is 0.476 e. The first-order valence-electron chi connectivity index (χ1n) is 5.14. The Morgan fingerprint density at radius 3 is 2.80 bits per heavy atom. The van der Waals surface area contributed by atoms with Gasteiger partial charge in [-0.1, -0.05) is 5.21 Å². The van der Waals surface area contributed by atoms with Gasteiger partial charge < -0.3 is 10.4 Å². The summed E-state index contributed by atoms with van der Waals surface area (Å²) in [6.45, 7) is 0.427. The van der Waals surface area contributed by atoms with Gasteiger partial charge in [0.15, 0.2) is 5.69 Å². The maximum absolute atomic E-state index is 12.2. The van der Waals surface area contributed by atoms with Crippen molar-refractivity contribution in [2.24, 2.45) is 0 Å². The predicted molar refractivity (Wildman–Crippen MR) is 60.4 cm³/mol. The Kier molecular flexibility index (Phi) is 3.83. The summed E-state index contributed by atoms with van der Waals surface area (Å²) >= 11 is 0.590. The van der Waals surface area contributed by atoms with Gasteiger partial charge in [0.05, 0.1) is 12.7 Å². The van der Waals surface area contributed by atoms with Crippen LogP contribution in [0.3, 0.4) is 0 Å². The lowest BCUT2D eigenvalue weighted by Crippen LogP contribution is -2.12. The highest BCUT2D eigenvalue weighted by molar-refractivity contribution is 7.09. The molecule has 0 bridgehead atoms. The molecule has 0 aliphatic rings. The molecule has 2 N–H and O–H groups in total. The minimum Gasteiger partial charge on any atom is -0.476 e. The van der Waals surface area contributed by atoms with Gasteiger partial charge in [0.1, 0.15) is 0 Å². The lowest BCUT2D eigenvalue weighted by Gasteiger charge is -2.01. The monoisotopic (exact) mass is 308 g/mol. The van der Waals surface area contributed by atoms with E-state index >= 15 is 0 Å². The highest BCUT2D eigenvalue weighted by atomic mass is 32.1. The molecule has 0 aromatic carbocycles. The zero-order valence-electron chi connectivity index (χ0n) is 9.63. The molecular formula is C8H7F3N6O2S. The Balaban J connectivity index is 1.86. The molecular weight excluding hydrogens is 301 g/mol. The molecule has 0 saturated carbocycles. The molecule has 0 fully saturated rings. The molecule has 0 aliphatic heterocycles. The average molecular weight is 308 g/mol. The second kappa shape index (κ2) is 5.40. The number of halogens is 3. The fraction of sp³-hybridized carbons (Fsp3) is 0.375. The van der Waals surface area contributed by atoms with Gasteiger partial charge >= 0.3 is 12.1 Å². The number of aromatic nitrogens is 5. The number of hydrogen-bond donors (Lipinski definition) is 2. The minimum absolute atomic E-state index is 0.0240. The maximum Gasteiger partial charge on any atom is 0.452 e. The van der Waals surface area contributed by atoms with Crippen LogP contribution in [0.25, 0.3) is 0 Å². The summed E-state index contributed by atoms with van der Waals surface area (Å²) in [6, 6.07) is 0. The molecule has 0 atom stereocenters. The minimum atomic E-state index is -4.57. The molecule has 0 amide bonds. The SMILES string of the molecule is O=C(O)c1cn(CCNc2nc(C(F)(F)F)ns2)nn1. The van der Waals surface area contributed by atoms with Gasteiger partial charge in [-0.3, -0.25) is 0 Å². The molecule has 0 saturated heterocycles. The number of anilines is 1. The fourth-order valence-electron chi connectivity index (χ4n) is 1.19. The third-order valence-corrected chi connectivity index (χ3v) is 2.73. The Hall–Kier alpha value is -2.24. The number of carboxylic acids is 1. The van der Waals surface area contributed by atoms with Crippen LogP contribution in [-0.4, -0.2) is 42.0 Å². The Morgan fingerprint density at radius 1 is 1.50 bits per heavy atom. The lowest BCUT2D eigenvalue weighted by molar-refractivity contribution is -0.144. The third-order valence-electron chi connectivity index (χ3n) is 2.05. The molecule has 8 nitrogen and oxygen atoms in total. The van der Waals surface area contributed by atoms with E-state index in [4.69, 9.17) is 5.11 Å². The van der Waals surface area contributed by atoms with E-state index in [2.05, 4.69) is 25.0 Å². The van der Waals surface area contributed by atoms with E-state index in [1.54, 1.807) is 0 Å². The molecule has 0 radical (unpaired) electrons.